The van der Waals surface area contributed by atoms with Gasteiger partial charge in [0.2, 0.25) is 0 Å². The molecular weight excluding hydrogens is 376 g/mol. The molecule has 0 aliphatic heterocycles. The van der Waals surface area contributed by atoms with Crippen LogP contribution in [-0.2, 0) is 0 Å². The molecule has 0 aromatic heterocycles. The van der Waals surface area contributed by atoms with Crippen molar-refractivity contribution in [2.24, 2.45) is 0 Å². The first-order valence-electron chi connectivity index (χ1n) is 8.87. The van der Waals surface area contributed by atoms with Gasteiger partial charge >= 0.3 is 0 Å². The Balaban J connectivity index is 1.66. The van der Waals surface area contributed by atoms with E-state index in [4.69, 9.17) is 16.3 Å². The van der Waals surface area contributed by atoms with Crippen LogP contribution in [0.5, 0.6) is 11.5 Å². The maximum absolute atomic E-state index is 12.6. The van der Waals surface area contributed by atoms with Crippen LogP contribution in [0.25, 0.3) is 0 Å². The van der Waals surface area contributed by atoms with Crippen molar-refractivity contribution in [1.29, 1.82) is 0 Å². The smallest absolute Gasteiger partial charge is 0.255 e. The second kappa shape index (κ2) is 9.78. The molecule has 144 valence electrons. The van der Waals surface area contributed by atoms with Crippen LogP contribution in [0.3, 0.4) is 0 Å². The van der Waals surface area contributed by atoms with Gasteiger partial charge in [-0.25, -0.2) is 0 Å². The van der Waals surface area contributed by atoms with E-state index in [9.17, 15) is 9.90 Å². The minimum Gasteiger partial charge on any atom is -0.455 e. The molecule has 0 bridgehead atoms. The summed E-state index contributed by atoms with van der Waals surface area (Å²) in [4.78, 5) is 12.6. The van der Waals surface area contributed by atoms with E-state index in [-0.39, 0.29) is 11.8 Å². The molecule has 3 rings (SSSR count). The Labute approximate surface area is 168 Å². The number of ether oxygens (including phenoxy) is 1. The lowest BCUT2D eigenvalue weighted by molar-refractivity contribution is 0.102. The van der Waals surface area contributed by atoms with E-state index in [1.165, 1.54) is 0 Å². The Morgan fingerprint density at radius 1 is 0.964 bits per heavy atom. The molecule has 3 aromatic rings. The largest absolute Gasteiger partial charge is 0.455 e. The van der Waals surface area contributed by atoms with Crippen molar-refractivity contribution >= 4 is 28.9 Å². The molecule has 0 heterocycles. The molecule has 0 aliphatic rings. The van der Waals surface area contributed by atoms with E-state index in [1.54, 1.807) is 36.4 Å². The van der Waals surface area contributed by atoms with Crippen molar-refractivity contribution < 1.29 is 14.6 Å². The number of alkyl halides is 1. The van der Waals surface area contributed by atoms with Gasteiger partial charge in [-0.05, 0) is 48.5 Å². The second-order valence-electron chi connectivity index (χ2n) is 6.13. The fourth-order valence-corrected chi connectivity index (χ4v) is 2.61. The second-order valence-corrected chi connectivity index (χ2v) is 6.44. The van der Waals surface area contributed by atoms with Crippen molar-refractivity contribution in [3.63, 3.8) is 0 Å². The summed E-state index contributed by atoms with van der Waals surface area (Å²) in [7, 11) is 0. The van der Waals surface area contributed by atoms with Gasteiger partial charge in [0, 0.05) is 17.8 Å². The normalized spacial score (nSPS) is 11.5. The number of rotatable bonds is 8. The highest BCUT2D eigenvalue weighted by molar-refractivity contribution is 6.18. The van der Waals surface area contributed by atoms with Crippen LogP contribution >= 0.6 is 11.6 Å². The fourth-order valence-electron chi connectivity index (χ4n) is 2.50. The molecule has 0 aliphatic carbocycles. The topological polar surface area (TPSA) is 70.6 Å². The number of hydrogen-bond donors (Lipinski definition) is 3. The number of halogens is 1. The van der Waals surface area contributed by atoms with E-state index in [1.807, 2.05) is 42.5 Å². The minimum atomic E-state index is -0.620. The van der Waals surface area contributed by atoms with E-state index in [2.05, 4.69) is 10.6 Å². The monoisotopic (exact) mass is 396 g/mol. The van der Waals surface area contributed by atoms with Crippen LogP contribution in [0, 0.1) is 0 Å². The summed E-state index contributed by atoms with van der Waals surface area (Å²) in [5.41, 5.74) is 1.90. The van der Waals surface area contributed by atoms with E-state index < -0.39 is 6.10 Å². The molecule has 28 heavy (non-hydrogen) atoms. The van der Waals surface area contributed by atoms with Crippen LogP contribution < -0.4 is 15.4 Å². The van der Waals surface area contributed by atoms with Crippen molar-refractivity contribution in [2.45, 2.75) is 6.10 Å². The van der Waals surface area contributed by atoms with Gasteiger partial charge in [-0.15, -0.1) is 11.6 Å². The molecule has 6 heteroatoms. The minimum absolute atomic E-state index is 0.165. The van der Waals surface area contributed by atoms with Crippen molar-refractivity contribution in [2.75, 3.05) is 23.1 Å². The highest BCUT2D eigenvalue weighted by atomic mass is 35.5. The summed E-state index contributed by atoms with van der Waals surface area (Å²) in [5.74, 6) is 1.18. The summed E-state index contributed by atoms with van der Waals surface area (Å²) in [6.07, 6.45) is -0.620. The van der Waals surface area contributed by atoms with Crippen LogP contribution in [0.1, 0.15) is 10.4 Å². The molecule has 1 amide bonds. The molecule has 5 nitrogen and oxygen atoms in total. The molecule has 3 N–H and O–H groups in total. The zero-order valence-corrected chi connectivity index (χ0v) is 15.9. The zero-order valence-electron chi connectivity index (χ0n) is 15.1. The molecule has 1 unspecified atom stereocenters. The first-order chi connectivity index (χ1) is 13.7. The average Bonchev–Trinajstić information content (AvgIpc) is 2.74. The van der Waals surface area contributed by atoms with Crippen molar-refractivity contribution in [3.05, 3.63) is 84.4 Å². The van der Waals surface area contributed by atoms with Crippen LogP contribution in [0.2, 0.25) is 0 Å². The number of amides is 1. The van der Waals surface area contributed by atoms with Gasteiger partial charge in [0.15, 0.2) is 5.75 Å². The van der Waals surface area contributed by atoms with Gasteiger partial charge in [0.05, 0.1) is 17.7 Å². The number of para-hydroxylation sites is 3. The Kier molecular flexibility index (Phi) is 6.89. The number of nitrogens with one attached hydrogen (secondary N) is 2. The number of hydrogen-bond acceptors (Lipinski definition) is 4. The zero-order chi connectivity index (χ0) is 19.8. The third kappa shape index (κ3) is 5.49. The number of anilines is 2. The predicted octanol–water partition coefficient (Wildman–Crippen LogP) is 4.74. The van der Waals surface area contributed by atoms with E-state index in [0.29, 0.717) is 29.3 Å². The Bertz CT molecular complexity index is 901. The number of carbonyl (C=O) groups excluding carboxylic acids is 1. The fraction of sp³-hybridized carbons (Fsp3) is 0.136. The van der Waals surface area contributed by atoms with Crippen molar-refractivity contribution in [3.8, 4) is 11.5 Å². The molecule has 0 saturated carbocycles. The highest BCUT2D eigenvalue weighted by Gasteiger charge is 2.11. The van der Waals surface area contributed by atoms with Crippen LogP contribution in [0.15, 0.2) is 78.9 Å². The molecular formula is C22H21ClN2O3. The van der Waals surface area contributed by atoms with Gasteiger partial charge in [0.1, 0.15) is 5.75 Å². The molecule has 0 radical (unpaired) electrons. The van der Waals surface area contributed by atoms with Gasteiger partial charge in [-0.2, -0.15) is 0 Å². The van der Waals surface area contributed by atoms with Crippen LogP contribution in [-0.4, -0.2) is 29.5 Å². The maximum atomic E-state index is 12.6. The Hall–Kier alpha value is -3.02. The van der Waals surface area contributed by atoms with Gasteiger partial charge in [-0.1, -0.05) is 30.3 Å². The van der Waals surface area contributed by atoms with Gasteiger partial charge < -0.3 is 20.5 Å². The average molecular weight is 397 g/mol. The van der Waals surface area contributed by atoms with E-state index >= 15 is 0 Å². The molecule has 0 spiro atoms. The number of aliphatic hydroxyl groups excluding tert-OH is 1. The predicted molar refractivity (Wildman–Crippen MR) is 113 cm³/mol. The van der Waals surface area contributed by atoms with E-state index in [0.717, 1.165) is 5.69 Å². The summed E-state index contributed by atoms with van der Waals surface area (Å²) >= 11 is 5.57. The summed E-state index contributed by atoms with van der Waals surface area (Å²) in [6.45, 7) is 0.346. The third-order valence-corrected chi connectivity index (χ3v) is 4.33. The molecule has 1 atom stereocenters. The SMILES string of the molecule is O=C(Nc1ccccc1Oc1ccccc1)c1ccc(NCC(O)CCl)cc1. The maximum Gasteiger partial charge on any atom is 0.255 e. The highest BCUT2D eigenvalue weighted by Crippen LogP contribution is 2.29. The lowest BCUT2D eigenvalue weighted by Crippen LogP contribution is -2.20. The van der Waals surface area contributed by atoms with Gasteiger partial charge in [0.25, 0.3) is 5.91 Å². The quantitative estimate of drug-likeness (QED) is 0.481. The molecule has 3 aromatic carbocycles. The third-order valence-electron chi connectivity index (χ3n) is 3.97. The standard InChI is InChI=1S/C22H21ClN2O3/c23-14-18(26)15-24-17-12-10-16(11-13-17)22(27)25-20-8-4-5-9-21(20)28-19-6-2-1-3-7-19/h1-13,18,24,26H,14-15H2,(H,25,27). The molecule has 0 saturated heterocycles. The van der Waals surface area contributed by atoms with Gasteiger partial charge in [-0.3, -0.25) is 4.79 Å². The van der Waals surface area contributed by atoms with Crippen LogP contribution in [0.4, 0.5) is 11.4 Å². The summed E-state index contributed by atoms with van der Waals surface area (Å²) in [6, 6.07) is 23.7. The Morgan fingerprint density at radius 2 is 1.64 bits per heavy atom. The Morgan fingerprint density at radius 3 is 2.36 bits per heavy atom. The number of carbonyl (C=O) groups is 1. The first-order valence-corrected chi connectivity index (χ1v) is 9.40. The number of aliphatic hydroxyl groups is 1. The summed E-state index contributed by atoms with van der Waals surface area (Å²) < 4.78 is 5.87. The lowest BCUT2D eigenvalue weighted by Gasteiger charge is -2.13. The van der Waals surface area contributed by atoms with Crippen molar-refractivity contribution in [1.82, 2.24) is 0 Å². The first kappa shape index (κ1) is 19.7. The summed E-state index contributed by atoms with van der Waals surface area (Å²) in [5, 5.41) is 15.4. The number of benzene rings is 3. The molecule has 0 fully saturated rings. The lowest BCUT2D eigenvalue weighted by atomic mass is 10.2.